The van der Waals surface area contributed by atoms with Crippen molar-refractivity contribution in [3.63, 3.8) is 0 Å². The molecule has 1 atom stereocenters. The molecule has 0 amide bonds. The Morgan fingerprint density at radius 2 is 1.33 bits per heavy atom. The summed E-state index contributed by atoms with van der Waals surface area (Å²) in [6, 6.07) is 28.3. The summed E-state index contributed by atoms with van der Waals surface area (Å²) in [5, 5.41) is 0. The van der Waals surface area contributed by atoms with Gasteiger partial charge in [0.2, 0.25) is 0 Å². The summed E-state index contributed by atoms with van der Waals surface area (Å²) >= 11 is 0. The van der Waals surface area contributed by atoms with Gasteiger partial charge in [0.25, 0.3) is 0 Å². The van der Waals surface area contributed by atoms with Gasteiger partial charge in [-0.1, -0.05) is 72.8 Å². The highest BCUT2D eigenvalue weighted by molar-refractivity contribution is 5.54. The quantitative estimate of drug-likeness (QED) is 0.574. The maximum atomic E-state index is 11.1. The van der Waals surface area contributed by atoms with Gasteiger partial charge in [-0.2, -0.15) is 0 Å². The lowest BCUT2D eigenvalue weighted by molar-refractivity contribution is -0.108. The minimum Gasteiger partial charge on any atom is -0.489 e. The molecule has 0 spiro atoms. The van der Waals surface area contributed by atoms with Crippen molar-refractivity contribution < 1.29 is 9.53 Å². The predicted molar refractivity (Wildman–Crippen MR) is 96.2 cm³/mol. The van der Waals surface area contributed by atoms with Crippen molar-refractivity contribution >= 4 is 6.29 Å². The first kappa shape index (κ1) is 16.0. The fourth-order valence-corrected chi connectivity index (χ4v) is 2.78. The minimum absolute atomic E-state index is 0.0897. The topological polar surface area (TPSA) is 26.3 Å². The summed E-state index contributed by atoms with van der Waals surface area (Å²) in [6.45, 7) is 0.552. The van der Waals surface area contributed by atoms with Crippen LogP contribution >= 0.6 is 0 Å². The highest BCUT2D eigenvalue weighted by Crippen LogP contribution is 2.28. The fourth-order valence-electron chi connectivity index (χ4n) is 2.78. The van der Waals surface area contributed by atoms with Crippen molar-refractivity contribution in [2.24, 2.45) is 0 Å². The smallest absolute Gasteiger partial charge is 0.120 e. The summed E-state index contributed by atoms with van der Waals surface area (Å²) in [5.41, 5.74) is 3.42. The van der Waals surface area contributed by atoms with E-state index in [4.69, 9.17) is 4.74 Å². The van der Waals surface area contributed by atoms with Crippen molar-refractivity contribution in [2.45, 2.75) is 18.9 Å². The Kier molecular flexibility index (Phi) is 5.41. The highest BCUT2D eigenvalue weighted by Gasteiger charge is 2.13. The van der Waals surface area contributed by atoms with Gasteiger partial charge in [0.1, 0.15) is 18.6 Å². The molecule has 0 aliphatic rings. The van der Waals surface area contributed by atoms with Crippen LogP contribution in [0.25, 0.3) is 0 Å². The van der Waals surface area contributed by atoms with Crippen molar-refractivity contribution in [3.8, 4) is 5.75 Å². The molecule has 2 nitrogen and oxygen atoms in total. The number of rotatable bonds is 7. The Bertz CT molecular complexity index is 749. The van der Waals surface area contributed by atoms with Crippen LogP contribution in [0.3, 0.4) is 0 Å². The molecule has 0 heterocycles. The van der Waals surface area contributed by atoms with Crippen molar-refractivity contribution in [3.05, 3.63) is 102 Å². The van der Waals surface area contributed by atoms with Crippen LogP contribution in [0.1, 0.15) is 29.0 Å². The van der Waals surface area contributed by atoms with Crippen molar-refractivity contribution in [1.82, 2.24) is 0 Å². The highest BCUT2D eigenvalue weighted by atomic mass is 16.5. The maximum absolute atomic E-state index is 11.1. The third-order valence-electron chi connectivity index (χ3n) is 4.06. The van der Waals surface area contributed by atoms with Crippen LogP contribution < -0.4 is 4.74 Å². The van der Waals surface area contributed by atoms with Crippen LogP contribution in [-0.4, -0.2) is 6.29 Å². The standard InChI is InChI=1S/C22H20O2/c23-16-15-22(19-9-5-2-6-10-19)20-11-13-21(14-12-20)24-17-18-7-3-1-4-8-18/h1-14,16,22H,15,17H2. The van der Waals surface area contributed by atoms with Gasteiger partial charge in [-0.05, 0) is 28.8 Å². The van der Waals surface area contributed by atoms with Gasteiger partial charge in [-0.3, -0.25) is 0 Å². The number of hydrogen-bond donors (Lipinski definition) is 0. The molecule has 120 valence electrons. The Hall–Kier alpha value is -2.87. The summed E-state index contributed by atoms with van der Waals surface area (Å²) in [7, 11) is 0. The molecule has 24 heavy (non-hydrogen) atoms. The zero-order chi connectivity index (χ0) is 16.6. The number of benzene rings is 3. The summed E-state index contributed by atoms with van der Waals surface area (Å²) < 4.78 is 5.82. The third kappa shape index (κ3) is 4.11. The molecule has 3 aromatic rings. The number of carbonyl (C=O) groups excluding carboxylic acids is 1. The summed E-state index contributed by atoms with van der Waals surface area (Å²) in [5.74, 6) is 0.924. The molecule has 0 fully saturated rings. The number of aldehydes is 1. The Morgan fingerprint density at radius 1 is 0.750 bits per heavy atom. The molecule has 3 aromatic carbocycles. The average Bonchev–Trinajstić information content (AvgIpc) is 2.66. The van der Waals surface area contributed by atoms with Gasteiger partial charge in [0, 0.05) is 12.3 Å². The Balaban J connectivity index is 1.71. The molecule has 0 bridgehead atoms. The first-order valence-electron chi connectivity index (χ1n) is 8.12. The van der Waals surface area contributed by atoms with Gasteiger partial charge in [-0.15, -0.1) is 0 Å². The molecule has 0 N–H and O–H groups in total. The van der Waals surface area contributed by atoms with Crippen LogP contribution in [0.15, 0.2) is 84.9 Å². The van der Waals surface area contributed by atoms with Gasteiger partial charge in [0.15, 0.2) is 0 Å². The zero-order valence-electron chi connectivity index (χ0n) is 13.5. The lowest BCUT2D eigenvalue weighted by Gasteiger charge is -2.16. The van der Waals surface area contributed by atoms with Crippen LogP contribution in [0, 0.1) is 0 Å². The van der Waals surface area contributed by atoms with Crippen molar-refractivity contribution in [2.75, 3.05) is 0 Å². The second-order valence-electron chi connectivity index (χ2n) is 5.71. The van der Waals surface area contributed by atoms with Crippen LogP contribution in [0.2, 0.25) is 0 Å². The minimum atomic E-state index is 0.0897. The molecule has 0 aliphatic heterocycles. The second kappa shape index (κ2) is 8.11. The Labute approximate surface area is 142 Å². The fraction of sp³-hybridized carbons (Fsp3) is 0.136. The third-order valence-corrected chi connectivity index (χ3v) is 4.06. The van der Waals surface area contributed by atoms with Crippen LogP contribution in [0.4, 0.5) is 0 Å². The maximum Gasteiger partial charge on any atom is 0.120 e. The first-order valence-corrected chi connectivity index (χ1v) is 8.12. The second-order valence-corrected chi connectivity index (χ2v) is 5.71. The summed E-state index contributed by atoms with van der Waals surface area (Å²) in [4.78, 5) is 11.1. The molecule has 1 unspecified atom stereocenters. The predicted octanol–water partition coefficient (Wildman–Crippen LogP) is 4.99. The van der Waals surface area contributed by atoms with Gasteiger partial charge < -0.3 is 9.53 Å². The number of ether oxygens (including phenoxy) is 1. The van der Waals surface area contributed by atoms with Gasteiger partial charge >= 0.3 is 0 Å². The Morgan fingerprint density at radius 3 is 1.96 bits per heavy atom. The SMILES string of the molecule is O=CCC(c1ccccc1)c1ccc(OCc2ccccc2)cc1. The summed E-state index contributed by atoms with van der Waals surface area (Å²) in [6.07, 6.45) is 1.46. The van der Waals surface area contributed by atoms with E-state index in [1.54, 1.807) is 0 Å². The number of hydrogen-bond acceptors (Lipinski definition) is 2. The molecular weight excluding hydrogens is 296 g/mol. The van der Waals surface area contributed by atoms with E-state index in [2.05, 4.69) is 12.1 Å². The van der Waals surface area contributed by atoms with Gasteiger partial charge in [0.05, 0.1) is 0 Å². The molecule has 3 rings (SSSR count). The molecule has 0 aliphatic carbocycles. The van der Waals surface area contributed by atoms with Crippen LogP contribution in [-0.2, 0) is 11.4 Å². The largest absolute Gasteiger partial charge is 0.489 e. The van der Waals surface area contributed by atoms with E-state index < -0.39 is 0 Å². The molecule has 0 saturated heterocycles. The van der Waals surface area contributed by atoms with Crippen LogP contribution in [0.5, 0.6) is 5.75 Å². The van der Waals surface area contributed by atoms with E-state index in [-0.39, 0.29) is 5.92 Å². The van der Waals surface area contributed by atoms with E-state index in [0.717, 1.165) is 28.7 Å². The van der Waals surface area contributed by atoms with Crippen molar-refractivity contribution in [1.29, 1.82) is 0 Å². The normalized spacial score (nSPS) is 11.7. The molecule has 2 heteroatoms. The van der Waals surface area contributed by atoms with E-state index in [0.29, 0.717) is 13.0 Å². The van der Waals surface area contributed by atoms with E-state index in [1.165, 1.54) is 0 Å². The monoisotopic (exact) mass is 316 g/mol. The first-order chi connectivity index (χ1) is 11.9. The molecular formula is C22H20O2. The molecule has 0 aromatic heterocycles. The molecule has 0 radical (unpaired) electrons. The van der Waals surface area contributed by atoms with Gasteiger partial charge in [-0.25, -0.2) is 0 Å². The number of carbonyl (C=O) groups is 1. The van der Waals surface area contributed by atoms with E-state index in [9.17, 15) is 4.79 Å². The van der Waals surface area contributed by atoms with E-state index >= 15 is 0 Å². The molecule has 0 saturated carbocycles. The van der Waals surface area contributed by atoms with E-state index in [1.807, 2.05) is 72.8 Å². The average molecular weight is 316 g/mol. The zero-order valence-corrected chi connectivity index (χ0v) is 13.5. The lowest BCUT2D eigenvalue weighted by Crippen LogP contribution is -2.02. The lowest BCUT2D eigenvalue weighted by atomic mass is 9.89.